The van der Waals surface area contributed by atoms with Crippen LogP contribution < -0.4 is 0 Å². The molecule has 0 aliphatic carbocycles. The molecule has 0 bridgehead atoms. The molecule has 2 nitrogen and oxygen atoms in total. The first-order valence-corrected chi connectivity index (χ1v) is 2.61. The Bertz CT molecular complexity index is 132. The zero-order valence-corrected chi connectivity index (χ0v) is 4.67. The highest BCUT2D eigenvalue weighted by atomic mass is 15.2. The van der Waals surface area contributed by atoms with E-state index in [4.69, 9.17) is 6.42 Å². The second kappa shape index (κ2) is 2.37. The summed E-state index contributed by atoms with van der Waals surface area (Å²) < 4.78 is 0. The van der Waals surface area contributed by atoms with Crippen molar-refractivity contribution in [3.8, 4) is 12.3 Å². The van der Waals surface area contributed by atoms with E-state index in [-0.39, 0.29) is 0 Å². The van der Waals surface area contributed by atoms with Gasteiger partial charge in [-0.1, -0.05) is 5.92 Å². The van der Waals surface area contributed by atoms with E-state index < -0.39 is 0 Å². The molecule has 1 aliphatic rings. The lowest BCUT2D eigenvalue weighted by atomic mass is 10.5. The summed E-state index contributed by atoms with van der Waals surface area (Å²) in [6, 6.07) is 0. The number of hydrogen-bond donors (Lipinski definition) is 0. The third kappa shape index (κ3) is 1.00. The summed E-state index contributed by atoms with van der Waals surface area (Å²) in [5, 5.41) is 0. The third-order valence-electron chi connectivity index (χ3n) is 1.06. The van der Waals surface area contributed by atoms with E-state index >= 15 is 0 Å². The molecule has 2 heteroatoms. The highest BCUT2D eigenvalue weighted by Crippen LogP contribution is 1.89. The van der Waals surface area contributed by atoms with Crippen molar-refractivity contribution in [3.05, 3.63) is 0 Å². The van der Waals surface area contributed by atoms with Crippen molar-refractivity contribution in [2.75, 3.05) is 19.6 Å². The van der Waals surface area contributed by atoms with Crippen LogP contribution in [-0.2, 0) is 0 Å². The SMILES string of the molecule is C#CCN1C=NCC1. The third-order valence-corrected chi connectivity index (χ3v) is 1.06. The zero-order valence-electron chi connectivity index (χ0n) is 4.67. The fourth-order valence-electron chi connectivity index (χ4n) is 0.654. The van der Waals surface area contributed by atoms with Gasteiger partial charge in [-0.25, -0.2) is 0 Å². The summed E-state index contributed by atoms with van der Waals surface area (Å²) in [6.07, 6.45) is 6.86. The Hall–Kier alpha value is -0.970. The molecule has 8 heavy (non-hydrogen) atoms. The molecular weight excluding hydrogens is 100 g/mol. The molecule has 0 radical (unpaired) electrons. The largest absolute Gasteiger partial charge is 0.350 e. The van der Waals surface area contributed by atoms with E-state index in [0.717, 1.165) is 13.1 Å². The van der Waals surface area contributed by atoms with E-state index in [1.54, 1.807) is 6.34 Å². The molecular formula is C6H8N2. The van der Waals surface area contributed by atoms with E-state index in [0.29, 0.717) is 6.54 Å². The predicted octanol–water partition coefficient (Wildman–Crippen LogP) is -0.0365. The Morgan fingerprint density at radius 1 is 1.88 bits per heavy atom. The van der Waals surface area contributed by atoms with Gasteiger partial charge in [-0.2, -0.15) is 0 Å². The van der Waals surface area contributed by atoms with Crippen molar-refractivity contribution in [1.82, 2.24) is 4.90 Å². The summed E-state index contributed by atoms with van der Waals surface area (Å²) in [5.41, 5.74) is 0. The van der Waals surface area contributed by atoms with Crippen molar-refractivity contribution in [2.45, 2.75) is 0 Å². The van der Waals surface area contributed by atoms with Gasteiger partial charge in [0, 0.05) is 6.54 Å². The van der Waals surface area contributed by atoms with Crippen molar-refractivity contribution in [1.29, 1.82) is 0 Å². The highest BCUT2D eigenvalue weighted by Gasteiger charge is 2.00. The molecule has 1 rings (SSSR count). The molecule has 0 unspecified atom stereocenters. The average molecular weight is 108 g/mol. The van der Waals surface area contributed by atoms with Crippen molar-refractivity contribution in [2.24, 2.45) is 4.99 Å². The molecule has 0 saturated heterocycles. The Balaban J connectivity index is 2.28. The van der Waals surface area contributed by atoms with Gasteiger partial charge in [0.15, 0.2) is 0 Å². The lowest BCUT2D eigenvalue weighted by Crippen LogP contribution is -2.19. The minimum atomic E-state index is 0.698. The van der Waals surface area contributed by atoms with Crippen molar-refractivity contribution < 1.29 is 0 Å². The molecule has 0 aromatic rings. The van der Waals surface area contributed by atoms with Gasteiger partial charge in [0.05, 0.1) is 19.4 Å². The van der Waals surface area contributed by atoms with Gasteiger partial charge in [0.25, 0.3) is 0 Å². The molecule has 42 valence electrons. The van der Waals surface area contributed by atoms with E-state index in [2.05, 4.69) is 10.9 Å². The van der Waals surface area contributed by atoms with Crippen molar-refractivity contribution in [3.63, 3.8) is 0 Å². The zero-order chi connectivity index (χ0) is 5.82. The van der Waals surface area contributed by atoms with Gasteiger partial charge in [-0.15, -0.1) is 6.42 Å². The number of rotatable bonds is 1. The highest BCUT2D eigenvalue weighted by molar-refractivity contribution is 5.57. The maximum Gasteiger partial charge on any atom is 0.0859 e. The van der Waals surface area contributed by atoms with Crippen LogP contribution in [0.15, 0.2) is 4.99 Å². The second-order valence-corrected chi connectivity index (χ2v) is 1.70. The predicted molar refractivity (Wildman–Crippen MR) is 33.8 cm³/mol. The first-order valence-electron chi connectivity index (χ1n) is 2.61. The smallest absolute Gasteiger partial charge is 0.0859 e. The Morgan fingerprint density at radius 2 is 2.75 bits per heavy atom. The van der Waals surface area contributed by atoms with Gasteiger partial charge in [0.2, 0.25) is 0 Å². The van der Waals surface area contributed by atoms with Gasteiger partial charge >= 0.3 is 0 Å². The lowest BCUT2D eigenvalue weighted by molar-refractivity contribution is 0.526. The van der Waals surface area contributed by atoms with Crippen LogP contribution in [0.3, 0.4) is 0 Å². The molecule has 0 fully saturated rings. The summed E-state index contributed by atoms with van der Waals surface area (Å²) in [5.74, 6) is 2.54. The molecule has 0 aromatic carbocycles. The van der Waals surface area contributed by atoms with Crippen LogP contribution in [0.5, 0.6) is 0 Å². The quantitative estimate of drug-likeness (QED) is 0.430. The fraction of sp³-hybridized carbons (Fsp3) is 0.500. The van der Waals surface area contributed by atoms with E-state index in [1.165, 1.54) is 0 Å². The first-order chi connectivity index (χ1) is 3.93. The van der Waals surface area contributed by atoms with Gasteiger partial charge in [-0.3, -0.25) is 4.99 Å². The molecule has 0 atom stereocenters. The van der Waals surface area contributed by atoms with Crippen LogP contribution in [0, 0.1) is 12.3 Å². The molecule has 1 aliphatic heterocycles. The summed E-state index contributed by atoms with van der Waals surface area (Å²) in [4.78, 5) is 6.00. The van der Waals surface area contributed by atoms with Crippen LogP contribution in [0.1, 0.15) is 0 Å². The summed E-state index contributed by atoms with van der Waals surface area (Å²) >= 11 is 0. The first kappa shape index (κ1) is 5.17. The molecule has 0 spiro atoms. The normalized spacial score (nSPS) is 16.6. The minimum Gasteiger partial charge on any atom is -0.350 e. The summed E-state index contributed by atoms with van der Waals surface area (Å²) in [6.45, 7) is 2.59. The number of terminal acetylenes is 1. The van der Waals surface area contributed by atoms with Gasteiger partial charge in [0.1, 0.15) is 0 Å². The topological polar surface area (TPSA) is 15.6 Å². The van der Waals surface area contributed by atoms with Crippen LogP contribution in [-0.4, -0.2) is 30.9 Å². The van der Waals surface area contributed by atoms with Gasteiger partial charge in [-0.05, 0) is 0 Å². The van der Waals surface area contributed by atoms with E-state index in [9.17, 15) is 0 Å². The maximum absolute atomic E-state index is 5.06. The average Bonchev–Trinajstić information content (AvgIpc) is 2.19. The molecule has 1 heterocycles. The van der Waals surface area contributed by atoms with Crippen LogP contribution in [0.25, 0.3) is 0 Å². The van der Waals surface area contributed by atoms with Crippen LogP contribution in [0.2, 0.25) is 0 Å². The Kier molecular flexibility index (Phi) is 1.53. The molecule has 0 aromatic heterocycles. The van der Waals surface area contributed by atoms with Crippen molar-refractivity contribution >= 4 is 6.34 Å². The maximum atomic E-state index is 5.06. The number of nitrogens with zero attached hydrogens (tertiary/aromatic N) is 2. The van der Waals surface area contributed by atoms with Gasteiger partial charge < -0.3 is 4.90 Å². The minimum absolute atomic E-state index is 0.698. The second-order valence-electron chi connectivity index (χ2n) is 1.70. The van der Waals surface area contributed by atoms with E-state index in [1.807, 2.05) is 4.90 Å². The Labute approximate surface area is 49.2 Å². The molecule has 0 N–H and O–H groups in total. The number of hydrogen-bond acceptors (Lipinski definition) is 2. The number of aliphatic imine (C=N–C) groups is 1. The van der Waals surface area contributed by atoms with Crippen LogP contribution in [0.4, 0.5) is 0 Å². The Morgan fingerprint density at radius 3 is 3.25 bits per heavy atom. The standard InChI is InChI=1S/C6H8N2/c1-2-4-8-5-3-7-6-8/h1,6H,3-5H2. The fourth-order valence-corrected chi connectivity index (χ4v) is 0.654. The summed E-state index contributed by atoms with van der Waals surface area (Å²) in [7, 11) is 0. The monoisotopic (exact) mass is 108 g/mol. The lowest BCUT2D eigenvalue weighted by Gasteiger charge is -2.06. The molecule has 0 amide bonds. The molecule has 0 saturated carbocycles. The van der Waals surface area contributed by atoms with Crippen LogP contribution >= 0.6 is 0 Å².